The number of carboxylic acids is 1. The molecule has 0 fully saturated rings. The van der Waals surface area contributed by atoms with Gasteiger partial charge in [0, 0.05) is 18.2 Å². The quantitative estimate of drug-likeness (QED) is 0.727. The minimum absolute atomic E-state index is 0.116. The Hall–Kier alpha value is -2.14. The largest absolute Gasteiger partial charge is 0.481 e. The highest BCUT2D eigenvalue weighted by molar-refractivity contribution is 5.96. The van der Waals surface area contributed by atoms with E-state index < -0.39 is 11.9 Å². The lowest BCUT2D eigenvalue weighted by Crippen LogP contribution is -2.35. The molecule has 1 aromatic rings. The molecule has 0 saturated carbocycles. The van der Waals surface area contributed by atoms with Crippen LogP contribution in [-0.4, -0.2) is 29.6 Å². The molecule has 0 spiro atoms. The van der Waals surface area contributed by atoms with Crippen LogP contribution in [0.3, 0.4) is 0 Å². The fourth-order valence-electron chi connectivity index (χ4n) is 2.98. The first-order valence-electron chi connectivity index (χ1n) is 7.18. The lowest BCUT2D eigenvalue weighted by Gasteiger charge is -2.21. The van der Waals surface area contributed by atoms with Gasteiger partial charge < -0.3 is 15.7 Å². The van der Waals surface area contributed by atoms with Crippen LogP contribution in [0.4, 0.5) is 0 Å². The van der Waals surface area contributed by atoms with Crippen LogP contribution in [0.15, 0.2) is 30.4 Å². The number of aliphatic carboxylic acids is 1. The first-order chi connectivity index (χ1) is 10.1. The third-order valence-corrected chi connectivity index (χ3v) is 4.10. The van der Waals surface area contributed by atoms with Crippen molar-refractivity contribution in [2.75, 3.05) is 6.54 Å². The molecule has 1 aliphatic carbocycles. The van der Waals surface area contributed by atoms with Gasteiger partial charge in [-0.15, -0.1) is 0 Å². The first kappa shape index (κ1) is 13.8. The van der Waals surface area contributed by atoms with Gasteiger partial charge in [0.15, 0.2) is 0 Å². The van der Waals surface area contributed by atoms with Crippen LogP contribution < -0.4 is 10.6 Å². The van der Waals surface area contributed by atoms with Crippen LogP contribution in [0.2, 0.25) is 0 Å². The Balaban J connectivity index is 1.72. The molecule has 1 aromatic carbocycles. The van der Waals surface area contributed by atoms with Gasteiger partial charge in [0.25, 0.3) is 5.91 Å². The molecule has 1 heterocycles. The van der Waals surface area contributed by atoms with Gasteiger partial charge in [0.2, 0.25) is 0 Å². The SMILES string of the molecule is O=C(NC1C=CC(C(=O)O)C1)c1cccc2c1CCNC2. The Morgan fingerprint density at radius 3 is 2.90 bits per heavy atom. The lowest BCUT2D eigenvalue weighted by molar-refractivity contribution is -0.140. The summed E-state index contributed by atoms with van der Waals surface area (Å²) in [6.45, 7) is 1.67. The van der Waals surface area contributed by atoms with Gasteiger partial charge in [-0.2, -0.15) is 0 Å². The van der Waals surface area contributed by atoms with Crippen molar-refractivity contribution in [1.29, 1.82) is 0 Å². The molecule has 5 heteroatoms. The summed E-state index contributed by atoms with van der Waals surface area (Å²) in [6.07, 6.45) is 4.69. The zero-order valence-electron chi connectivity index (χ0n) is 11.6. The summed E-state index contributed by atoms with van der Waals surface area (Å²) in [6, 6.07) is 5.57. The number of amides is 1. The molecule has 0 radical (unpaired) electrons. The highest BCUT2D eigenvalue weighted by Gasteiger charge is 2.26. The second-order valence-electron chi connectivity index (χ2n) is 5.52. The third kappa shape index (κ3) is 2.83. The smallest absolute Gasteiger partial charge is 0.310 e. The van der Waals surface area contributed by atoms with E-state index in [2.05, 4.69) is 10.6 Å². The number of benzene rings is 1. The van der Waals surface area contributed by atoms with Gasteiger partial charge in [-0.25, -0.2) is 0 Å². The normalized spacial score (nSPS) is 23.6. The standard InChI is InChI=1S/C16H18N2O3/c19-15(18-12-5-4-10(8-12)16(20)21)14-3-1-2-11-9-17-7-6-13(11)14/h1-5,10,12,17H,6-9H2,(H,18,19)(H,20,21). The third-order valence-electron chi connectivity index (χ3n) is 4.10. The first-order valence-corrected chi connectivity index (χ1v) is 7.18. The average molecular weight is 286 g/mol. The van der Waals surface area contributed by atoms with Crippen molar-refractivity contribution in [2.24, 2.45) is 5.92 Å². The van der Waals surface area contributed by atoms with Crippen LogP contribution in [0.25, 0.3) is 0 Å². The molecule has 3 N–H and O–H groups in total. The number of nitrogens with one attached hydrogen (secondary N) is 2. The van der Waals surface area contributed by atoms with Crippen molar-refractivity contribution < 1.29 is 14.7 Å². The van der Waals surface area contributed by atoms with E-state index in [0.717, 1.165) is 25.1 Å². The van der Waals surface area contributed by atoms with Crippen molar-refractivity contribution in [3.8, 4) is 0 Å². The molecule has 0 bridgehead atoms. The molecule has 0 aromatic heterocycles. The Bertz CT molecular complexity index is 610. The number of carbonyl (C=O) groups excluding carboxylic acids is 1. The maximum absolute atomic E-state index is 12.4. The van der Waals surface area contributed by atoms with Gasteiger partial charge in [0.05, 0.1) is 5.92 Å². The average Bonchev–Trinajstić information content (AvgIpc) is 2.95. The fraction of sp³-hybridized carbons (Fsp3) is 0.375. The predicted octanol–water partition coefficient (Wildman–Crippen LogP) is 1.09. The summed E-state index contributed by atoms with van der Waals surface area (Å²) in [5.74, 6) is -1.45. The molecular formula is C16H18N2O3. The topological polar surface area (TPSA) is 78.4 Å². The van der Waals surface area contributed by atoms with Gasteiger partial charge in [-0.3, -0.25) is 9.59 Å². The summed E-state index contributed by atoms with van der Waals surface area (Å²) < 4.78 is 0. The monoisotopic (exact) mass is 286 g/mol. The van der Waals surface area contributed by atoms with Crippen molar-refractivity contribution in [3.05, 3.63) is 47.0 Å². The fourth-order valence-corrected chi connectivity index (χ4v) is 2.98. The summed E-state index contributed by atoms with van der Waals surface area (Å²) >= 11 is 0. The minimum atomic E-state index is -0.842. The Labute approximate surface area is 123 Å². The number of rotatable bonds is 3. The van der Waals surface area contributed by atoms with E-state index in [1.54, 1.807) is 12.2 Å². The lowest BCUT2D eigenvalue weighted by atomic mass is 9.95. The molecule has 2 unspecified atom stereocenters. The van der Waals surface area contributed by atoms with Crippen LogP contribution in [0.5, 0.6) is 0 Å². The van der Waals surface area contributed by atoms with E-state index in [-0.39, 0.29) is 11.9 Å². The summed E-state index contributed by atoms with van der Waals surface area (Å²) in [5.41, 5.74) is 2.98. The molecular weight excluding hydrogens is 268 g/mol. The molecule has 5 nitrogen and oxygen atoms in total. The van der Waals surface area contributed by atoms with Crippen LogP contribution in [-0.2, 0) is 17.8 Å². The highest BCUT2D eigenvalue weighted by Crippen LogP contribution is 2.21. The number of fused-ring (bicyclic) bond motifs is 1. The number of carbonyl (C=O) groups is 2. The van der Waals surface area contributed by atoms with Gasteiger partial charge in [-0.05, 0) is 36.6 Å². The summed E-state index contributed by atoms with van der Waals surface area (Å²) in [4.78, 5) is 23.4. The predicted molar refractivity (Wildman–Crippen MR) is 78.0 cm³/mol. The van der Waals surface area contributed by atoms with Crippen LogP contribution >= 0.6 is 0 Å². The van der Waals surface area contributed by atoms with E-state index in [4.69, 9.17) is 5.11 Å². The molecule has 110 valence electrons. The maximum atomic E-state index is 12.4. The summed E-state index contributed by atoms with van der Waals surface area (Å²) in [7, 11) is 0. The molecule has 21 heavy (non-hydrogen) atoms. The van der Waals surface area contributed by atoms with Crippen molar-refractivity contribution in [2.45, 2.75) is 25.4 Å². The molecule has 1 amide bonds. The highest BCUT2D eigenvalue weighted by atomic mass is 16.4. The van der Waals surface area contributed by atoms with Crippen LogP contribution in [0.1, 0.15) is 27.9 Å². The molecule has 1 aliphatic heterocycles. The van der Waals surface area contributed by atoms with Gasteiger partial charge in [0.1, 0.15) is 0 Å². The minimum Gasteiger partial charge on any atom is -0.481 e. The van der Waals surface area contributed by atoms with Crippen molar-refractivity contribution in [1.82, 2.24) is 10.6 Å². The molecule has 3 rings (SSSR count). The van der Waals surface area contributed by atoms with Crippen LogP contribution in [0, 0.1) is 5.92 Å². The van der Waals surface area contributed by atoms with E-state index in [1.165, 1.54) is 5.56 Å². The zero-order valence-corrected chi connectivity index (χ0v) is 11.6. The maximum Gasteiger partial charge on any atom is 0.310 e. The molecule has 0 saturated heterocycles. The van der Waals surface area contributed by atoms with E-state index in [9.17, 15) is 9.59 Å². The van der Waals surface area contributed by atoms with Crippen molar-refractivity contribution >= 4 is 11.9 Å². The van der Waals surface area contributed by atoms with E-state index in [1.807, 2.05) is 18.2 Å². The summed E-state index contributed by atoms with van der Waals surface area (Å²) in [5, 5.41) is 15.2. The van der Waals surface area contributed by atoms with Gasteiger partial charge >= 0.3 is 5.97 Å². The number of carboxylic acid groups (broad SMARTS) is 1. The number of hydrogen-bond donors (Lipinski definition) is 3. The van der Waals surface area contributed by atoms with Gasteiger partial charge in [-0.1, -0.05) is 24.3 Å². The second kappa shape index (κ2) is 5.69. The van der Waals surface area contributed by atoms with E-state index in [0.29, 0.717) is 12.0 Å². The second-order valence-corrected chi connectivity index (χ2v) is 5.52. The Morgan fingerprint density at radius 1 is 1.29 bits per heavy atom. The molecule has 2 aliphatic rings. The Kier molecular flexibility index (Phi) is 3.75. The van der Waals surface area contributed by atoms with Crippen molar-refractivity contribution in [3.63, 3.8) is 0 Å². The number of hydrogen-bond acceptors (Lipinski definition) is 3. The van der Waals surface area contributed by atoms with E-state index >= 15 is 0 Å². The Morgan fingerprint density at radius 2 is 2.14 bits per heavy atom. The zero-order chi connectivity index (χ0) is 14.8. The molecule has 2 atom stereocenters.